The summed E-state index contributed by atoms with van der Waals surface area (Å²) in [4.78, 5) is 53.8. The number of aromatic amines is 2. The van der Waals surface area contributed by atoms with Crippen molar-refractivity contribution in [1.82, 2.24) is 20.6 Å². The van der Waals surface area contributed by atoms with Gasteiger partial charge < -0.3 is 50.9 Å². The number of carbonyl (C=O) groups is 4. The molecule has 8 N–H and O–H groups in total. The molecule has 0 radical (unpaired) electrons. The maximum absolute atomic E-state index is 13.8. The van der Waals surface area contributed by atoms with E-state index in [0.29, 0.717) is 39.9 Å². The number of aromatic nitrogens is 2. The molecule has 0 saturated carbocycles. The van der Waals surface area contributed by atoms with Gasteiger partial charge in [0.25, 0.3) is 11.2 Å². The van der Waals surface area contributed by atoms with Crippen LogP contribution in [0.15, 0.2) is 48.8 Å². The number of hydrogen-bond acceptors (Lipinski definition) is 8. The maximum atomic E-state index is 13.8. The molecule has 0 aliphatic carbocycles. The van der Waals surface area contributed by atoms with E-state index in [0.717, 1.165) is 24.5 Å². The number of benzene rings is 2. The van der Waals surface area contributed by atoms with Crippen LogP contribution in [-0.2, 0) is 30.3 Å². The fourth-order valence-corrected chi connectivity index (χ4v) is 5.41. The number of nitrogens with one attached hydrogen (secondary N) is 6. The Morgan fingerprint density at radius 2 is 1.00 bits per heavy atom. The fourth-order valence-electron chi connectivity index (χ4n) is 5.41. The molecule has 2 aromatic carbocycles. The van der Waals surface area contributed by atoms with Crippen LogP contribution in [0.25, 0.3) is 21.8 Å². The van der Waals surface area contributed by atoms with Crippen LogP contribution in [0.2, 0.25) is 0 Å². The lowest BCUT2D eigenvalue weighted by Gasteiger charge is -2.27. The van der Waals surface area contributed by atoms with Gasteiger partial charge in [-0.25, -0.2) is 19.2 Å². The summed E-state index contributed by atoms with van der Waals surface area (Å²) < 4.78 is 90.9. The zero-order valence-corrected chi connectivity index (χ0v) is 27.5. The Hall–Kier alpha value is -5.50. The van der Waals surface area contributed by atoms with Gasteiger partial charge in [0.1, 0.15) is 0 Å². The van der Waals surface area contributed by atoms with Gasteiger partial charge in [0.15, 0.2) is 0 Å². The number of unbranched alkanes of at least 4 members (excludes halogenated alkanes) is 3. The van der Waals surface area contributed by atoms with Gasteiger partial charge in [0.05, 0.1) is 14.2 Å². The molecule has 0 aliphatic heterocycles. The first kappa shape index (κ1) is 39.3. The molecule has 4 aromatic rings. The Labute approximate surface area is 290 Å². The number of ether oxygens (including phenoxy) is 2. The zero-order chi connectivity index (χ0) is 38.5. The fraction of sp³-hybridized carbons (Fsp3) is 0.375. The van der Waals surface area contributed by atoms with E-state index < -0.39 is 58.7 Å². The van der Waals surface area contributed by atoms with E-state index in [9.17, 15) is 55.7 Å². The minimum absolute atomic E-state index is 0.0852. The number of hydrogen-bond donors (Lipinski definition) is 8. The molecule has 2 atom stereocenters. The molecule has 0 bridgehead atoms. The standard InChI is InChI=1S/C32H34F6N6O8/c1-51-25(45)29(49,31(33,34)35)21-15-41-23-9-7-17(13-19(21)23)43-27(47)39-11-5-3-4-6-12-40-28(48)44-18-8-10-24-20(14-18)22(16-42-24)30(50,26(46)52-2)32(36,37)38/h7-10,13-16,41-42,49-50H,3-6,11-12H2,1-2H3,(H2,39,43,47)(H2,40,44,48). The van der Waals surface area contributed by atoms with E-state index in [1.807, 2.05) is 0 Å². The van der Waals surface area contributed by atoms with Crippen molar-refractivity contribution in [3.8, 4) is 0 Å². The number of alkyl halides is 6. The first-order chi connectivity index (χ1) is 24.4. The van der Waals surface area contributed by atoms with Crippen molar-refractivity contribution in [3.05, 3.63) is 59.9 Å². The molecule has 52 heavy (non-hydrogen) atoms. The highest BCUT2D eigenvalue weighted by atomic mass is 19.4. The Morgan fingerprint density at radius 1 is 0.635 bits per heavy atom. The molecule has 2 aromatic heterocycles. The molecule has 4 amide bonds. The summed E-state index contributed by atoms with van der Waals surface area (Å²) in [5, 5.41) is 30.5. The van der Waals surface area contributed by atoms with Gasteiger partial charge in [-0.3, -0.25) is 0 Å². The minimum Gasteiger partial charge on any atom is -0.466 e. The van der Waals surface area contributed by atoms with Crippen molar-refractivity contribution < 1.29 is 65.2 Å². The predicted octanol–water partition coefficient (Wildman–Crippen LogP) is 5.00. The van der Waals surface area contributed by atoms with E-state index in [2.05, 4.69) is 40.7 Å². The summed E-state index contributed by atoms with van der Waals surface area (Å²) in [6.45, 7) is 0.466. The molecule has 0 fully saturated rings. The molecule has 2 heterocycles. The average Bonchev–Trinajstić information content (AvgIpc) is 3.71. The summed E-state index contributed by atoms with van der Waals surface area (Å²) in [5.74, 6) is -3.85. The van der Waals surface area contributed by atoms with Crippen molar-refractivity contribution in [1.29, 1.82) is 0 Å². The summed E-state index contributed by atoms with van der Waals surface area (Å²) in [6.07, 6.45) is -6.79. The van der Waals surface area contributed by atoms with Gasteiger partial charge in [-0.15, -0.1) is 0 Å². The number of carbonyl (C=O) groups excluding carboxylic acids is 4. The number of H-pyrrole nitrogens is 2. The summed E-state index contributed by atoms with van der Waals surface area (Å²) in [7, 11) is 1.42. The van der Waals surface area contributed by atoms with Crippen LogP contribution in [0.3, 0.4) is 0 Å². The number of fused-ring (bicyclic) bond motifs is 2. The van der Waals surface area contributed by atoms with Crippen molar-refractivity contribution in [2.45, 2.75) is 49.2 Å². The Kier molecular flexibility index (Phi) is 11.6. The Bertz CT molecular complexity index is 1810. The monoisotopic (exact) mass is 744 g/mol. The second-order valence-electron chi connectivity index (χ2n) is 11.5. The Morgan fingerprint density at radius 3 is 1.33 bits per heavy atom. The first-order valence-corrected chi connectivity index (χ1v) is 15.5. The topological polar surface area (TPSA) is 207 Å². The van der Waals surface area contributed by atoms with Gasteiger partial charge in [-0.2, -0.15) is 26.3 Å². The molecule has 0 aliphatic rings. The van der Waals surface area contributed by atoms with E-state index in [4.69, 9.17) is 0 Å². The van der Waals surface area contributed by atoms with Gasteiger partial charge in [0.2, 0.25) is 0 Å². The molecule has 2 unspecified atom stereocenters. The molecule has 14 nitrogen and oxygen atoms in total. The second-order valence-corrected chi connectivity index (χ2v) is 11.5. The summed E-state index contributed by atoms with van der Waals surface area (Å²) >= 11 is 0. The number of esters is 2. The summed E-state index contributed by atoms with van der Waals surface area (Å²) in [6, 6.07) is 6.54. The number of methoxy groups -OCH3 is 2. The third kappa shape index (κ3) is 7.86. The quantitative estimate of drug-likeness (QED) is 0.0530. The van der Waals surface area contributed by atoms with Crippen molar-refractivity contribution >= 4 is 57.2 Å². The molecule has 0 saturated heterocycles. The van der Waals surface area contributed by atoms with Gasteiger partial charge >= 0.3 is 36.4 Å². The van der Waals surface area contributed by atoms with Crippen LogP contribution in [0.1, 0.15) is 36.8 Å². The van der Waals surface area contributed by atoms with Crippen LogP contribution in [0.5, 0.6) is 0 Å². The van der Waals surface area contributed by atoms with Crippen molar-refractivity contribution in [2.24, 2.45) is 0 Å². The van der Waals surface area contributed by atoms with Crippen LogP contribution in [0.4, 0.5) is 47.3 Å². The third-order valence-corrected chi connectivity index (χ3v) is 8.12. The average molecular weight is 745 g/mol. The molecule has 20 heteroatoms. The minimum atomic E-state index is -5.41. The number of halogens is 6. The highest BCUT2D eigenvalue weighted by Crippen LogP contribution is 2.44. The smallest absolute Gasteiger partial charge is 0.432 e. The van der Waals surface area contributed by atoms with Crippen LogP contribution in [0, 0.1) is 0 Å². The maximum Gasteiger partial charge on any atom is 0.432 e. The number of aliphatic hydroxyl groups is 2. The lowest BCUT2D eigenvalue weighted by molar-refractivity contribution is -0.267. The van der Waals surface area contributed by atoms with Crippen LogP contribution >= 0.6 is 0 Å². The highest BCUT2D eigenvalue weighted by Gasteiger charge is 2.64. The number of anilines is 2. The van der Waals surface area contributed by atoms with Crippen LogP contribution < -0.4 is 21.3 Å². The Balaban J connectivity index is 1.21. The lowest BCUT2D eigenvalue weighted by atomic mass is 9.92. The molecular formula is C32H34F6N6O8. The normalized spacial score (nSPS) is 14.3. The summed E-state index contributed by atoms with van der Waals surface area (Å²) in [5.41, 5.74) is -9.01. The number of urea groups is 2. The first-order valence-electron chi connectivity index (χ1n) is 15.5. The van der Waals surface area contributed by atoms with E-state index >= 15 is 0 Å². The third-order valence-electron chi connectivity index (χ3n) is 8.12. The van der Waals surface area contributed by atoms with E-state index in [-0.39, 0.29) is 46.3 Å². The van der Waals surface area contributed by atoms with Crippen molar-refractivity contribution in [2.75, 3.05) is 37.9 Å². The second kappa shape index (κ2) is 15.4. The highest BCUT2D eigenvalue weighted by molar-refractivity contribution is 5.98. The number of rotatable bonds is 13. The molecule has 282 valence electrons. The van der Waals surface area contributed by atoms with Crippen LogP contribution in [-0.4, -0.2) is 83.8 Å². The molecule has 0 spiro atoms. The predicted molar refractivity (Wildman–Crippen MR) is 173 cm³/mol. The van der Waals surface area contributed by atoms with Gasteiger partial charge in [-0.1, -0.05) is 12.8 Å². The largest absolute Gasteiger partial charge is 0.466 e. The van der Waals surface area contributed by atoms with Gasteiger partial charge in [0, 0.05) is 69.8 Å². The molecular weight excluding hydrogens is 710 g/mol. The number of amides is 4. The molecule has 4 rings (SSSR count). The zero-order valence-electron chi connectivity index (χ0n) is 27.5. The van der Waals surface area contributed by atoms with Gasteiger partial charge in [-0.05, 0) is 49.2 Å². The van der Waals surface area contributed by atoms with E-state index in [1.54, 1.807) is 0 Å². The van der Waals surface area contributed by atoms with Crippen molar-refractivity contribution in [3.63, 3.8) is 0 Å². The van der Waals surface area contributed by atoms with E-state index in [1.165, 1.54) is 24.3 Å². The SMILES string of the molecule is COC(=O)C(O)(c1c[nH]c2ccc(NC(=O)NCCCCCCNC(=O)Nc3ccc4[nH]cc(C(O)(C(=O)OC)C(F)(F)F)c4c3)cc12)C(F)(F)F. The lowest BCUT2D eigenvalue weighted by Crippen LogP contribution is -2.49.